The van der Waals surface area contributed by atoms with Crippen molar-refractivity contribution in [2.24, 2.45) is 0 Å². The molecule has 1 saturated heterocycles. The number of carbonyl (C=O) groups excluding carboxylic acids is 1. The zero-order chi connectivity index (χ0) is 21.4. The van der Waals surface area contributed by atoms with Crippen LogP contribution in [0.3, 0.4) is 0 Å². The van der Waals surface area contributed by atoms with Gasteiger partial charge in [-0.3, -0.25) is 4.90 Å². The summed E-state index contributed by atoms with van der Waals surface area (Å²) in [7, 11) is 0. The van der Waals surface area contributed by atoms with Crippen LogP contribution in [0.2, 0.25) is 0 Å². The monoisotopic (exact) mass is 419 g/mol. The summed E-state index contributed by atoms with van der Waals surface area (Å²) in [5.41, 5.74) is -0.276. The fraction of sp³-hybridized carbons (Fsp3) is 0.400. The highest BCUT2D eigenvalue weighted by molar-refractivity contribution is 5.70. The molecule has 2 unspecified atom stereocenters. The number of alkyl halides is 2. The van der Waals surface area contributed by atoms with Gasteiger partial charge in [0, 0.05) is 18.5 Å². The van der Waals surface area contributed by atoms with E-state index in [2.05, 4.69) is 20.6 Å². The van der Waals surface area contributed by atoms with Crippen LogP contribution >= 0.6 is 0 Å². The van der Waals surface area contributed by atoms with Crippen molar-refractivity contribution < 1.29 is 23.4 Å². The van der Waals surface area contributed by atoms with Crippen LogP contribution in [-0.2, 0) is 17.1 Å². The Morgan fingerprint density at radius 3 is 2.87 bits per heavy atom. The van der Waals surface area contributed by atoms with E-state index >= 15 is 0 Å². The predicted molar refractivity (Wildman–Crippen MR) is 104 cm³/mol. The second-order valence-corrected chi connectivity index (χ2v) is 6.81. The number of aliphatic hydroxyl groups excluding tert-OH is 1. The molecule has 0 bridgehead atoms. The van der Waals surface area contributed by atoms with Crippen LogP contribution in [0, 0.1) is 0 Å². The van der Waals surface area contributed by atoms with Gasteiger partial charge in [0.15, 0.2) is 5.82 Å². The first kappa shape index (κ1) is 21.6. The number of nitrogens with zero attached hydrogens (tertiary/aromatic N) is 4. The summed E-state index contributed by atoms with van der Waals surface area (Å²) >= 11 is 0. The van der Waals surface area contributed by atoms with Gasteiger partial charge >= 0.3 is 12.0 Å². The first-order valence-corrected chi connectivity index (χ1v) is 9.59. The van der Waals surface area contributed by atoms with E-state index in [0.29, 0.717) is 12.2 Å². The van der Waals surface area contributed by atoms with Gasteiger partial charge in [-0.2, -0.15) is 14.0 Å². The summed E-state index contributed by atoms with van der Waals surface area (Å²) in [6.45, 7) is 0.325. The van der Waals surface area contributed by atoms with Gasteiger partial charge in [0.25, 0.3) is 0 Å². The number of aromatic amines is 1. The molecule has 8 nitrogen and oxygen atoms in total. The average Bonchev–Trinajstić information content (AvgIpc) is 3.39. The van der Waals surface area contributed by atoms with Crippen molar-refractivity contribution >= 4 is 6.09 Å². The van der Waals surface area contributed by atoms with Gasteiger partial charge in [0.05, 0.1) is 6.04 Å². The Morgan fingerprint density at radius 1 is 1.33 bits per heavy atom. The second kappa shape index (κ2) is 10.1. The third-order valence-corrected chi connectivity index (χ3v) is 4.69. The zero-order valence-electron chi connectivity index (χ0n) is 16.2. The lowest BCUT2D eigenvalue weighted by molar-refractivity contribution is -0.0929. The minimum absolute atomic E-state index is 0.0463. The van der Waals surface area contributed by atoms with Crippen molar-refractivity contribution in [2.45, 2.75) is 37.3 Å². The highest BCUT2D eigenvalue weighted by atomic mass is 19.3. The van der Waals surface area contributed by atoms with E-state index in [1.54, 1.807) is 6.07 Å². The molecule has 10 heteroatoms. The van der Waals surface area contributed by atoms with Gasteiger partial charge in [-0.15, -0.1) is 10.2 Å². The predicted octanol–water partition coefficient (Wildman–Crippen LogP) is 2.61. The lowest BCUT2D eigenvalue weighted by Crippen LogP contribution is -2.33. The molecule has 1 amide bonds. The number of hydrogen-bond acceptors (Lipinski definition) is 6. The number of cyclic esters (lactones) is 1. The number of rotatable bonds is 10. The molecule has 2 aromatic rings. The van der Waals surface area contributed by atoms with Gasteiger partial charge in [0.2, 0.25) is 0 Å². The number of hydrogen-bond donors (Lipinski definition) is 2. The summed E-state index contributed by atoms with van der Waals surface area (Å²) in [6, 6.07) is 6.59. The van der Waals surface area contributed by atoms with Crippen molar-refractivity contribution in [3.63, 3.8) is 0 Å². The van der Waals surface area contributed by atoms with Crippen molar-refractivity contribution in [1.29, 1.82) is 0 Å². The van der Waals surface area contributed by atoms with Crippen LogP contribution in [0.15, 0.2) is 54.6 Å². The van der Waals surface area contributed by atoms with Crippen molar-refractivity contribution in [1.82, 2.24) is 25.5 Å². The summed E-state index contributed by atoms with van der Waals surface area (Å²) < 4.78 is 33.8. The summed E-state index contributed by atoms with van der Waals surface area (Å²) in [4.78, 5) is 13.3. The van der Waals surface area contributed by atoms with E-state index < -0.39 is 24.2 Å². The number of H-pyrrole nitrogens is 1. The molecule has 2 N–H and O–H groups in total. The first-order chi connectivity index (χ1) is 14.5. The van der Waals surface area contributed by atoms with Crippen LogP contribution in [-0.4, -0.2) is 62.0 Å². The van der Waals surface area contributed by atoms with Crippen LogP contribution in [0.1, 0.15) is 24.2 Å². The third-order valence-electron chi connectivity index (χ3n) is 4.69. The molecule has 3 rings (SSSR count). The van der Waals surface area contributed by atoms with E-state index in [1.165, 1.54) is 35.2 Å². The number of allylic oxidation sites excluding steroid dienone is 1. The minimum atomic E-state index is -3.44. The topological polar surface area (TPSA) is 104 Å². The molecule has 1 aromatic carbocycles. The molecule has 1 aromatic heterocycles. The van der Waals surface area contributed by atoms with E-state index in [9.17, 15) is 18.7 Å². The molecular weight excluding hydrogens is 396 g/mol. The van der Waals surface area contributed by atoms with Crippen LogP contribution < -0.4 is 0 Å². The molecule has 0 radical (unpaired) electrons. The van der Waals surface area contributed by atoms with Crippen molar-refractivity contribution in [3.8, 4) is 0 Å². The Labute approximate surface area is 172 Å². The molecule has 0 saturated carbocycles. The molecule has 1 aliphatic rings. The van der Waals surface area contributed by atoms with Crippen LogP contribution in [0.4, 0.5) is 13.6 Å². The van der Waals surface area contributed by atoms with E-state index in [0.717, 1.165) is 18.9 Å². The molecule has 2 heterocycles. The maximum Gasteiger partial charge on any atom is 0.410 e. The number of tetrazole rings is 1. The van der Waals surface area contributed by atoms with Crippen molar-refractivity contribution in [2.75, 3.05) is 13.2 Å². The van der Waals surface area contributed by atoms with Gasteiger partial charge in [-0.1, -0.05) is 59.8 Å². The molecule has 160 valence electrons. The fourth-order valence-corrected chi connectivity index (χ4v) is 2.99. The maximum absolute atomic E-state index is 14.4. The number of halogens is 2. The molecule has 30 heavy (non-hydrogen) atoms. The van der Waals surface area contributed by atoms with Crippen LogP contribution in [0.5, 0.6) is 0 Å². The molecule has 0 aliphatic carbocycles. The fourth-order valence-electron chi connectivity index (χ4n) is 2.99. The maximum atomic E-state index is 14.4. The smallest absolute Gasteiger partial charge is 0.410 e. The number of carbonyl (C=O) groups is 1. The normalized spacial score (nSPS) is 18.4. The van der Waals surface area contributed by atoms with E-state index in [4.69, 9.17) is 4.74 Å². The number of ether oxygens (including phenoxy) is 1. The number of aliphatic hydroxyl groups is 1. The third kappa shape index (κ3) is 5.47. The van der Waals surface area contributed by atoms with E-state index in [-0.39, 0.29) is 18.7 Å². The number of benzene rings is 1. The van der Waals surface area contributed by atoms with Gasteiger partial charge in [-0.25, -0.2) is 4.79 Å². The first-order valence-electron chi connectivity index (χ1n) is 9.59. The standard InChI is InChI=1S/C20H23F2N5O3/c21-20(22,15-8-4-3-5-9-15)17(28)12-11-16-14-30-19(29)27(16)13-7-2-1-6-10-18-23-25-26-24-18/h2-5,7-9,11-12,16-17,28H,1,6,10,13-14H2,(H,23,24,25,26). The Balaban J connectivity index is 1.50. The second-order valence-electron chi connectivity index (χ2n) is 6.81. The molecule has 1 fully saturated rings. The molecule has 0 spiro atoms. The number of unbranched alkanes of at least 4 members (excludes halogenated alkanes) is 1. The number of amides is 1. The van der Waals surface area contributed by atoms with Gasteiger partial charge in [0.1, 0.15) is 12.7 Å². The molecular formula is C20H23F2N5O3. The highest BCUT2D eigenvalue weighted by Gasteiger charge is 2.39. The summed E-state index contributed by atoms with van der Waals surface area (Å²) in [5, 5.41) is 23.6. The highest BCUT2D eigenvalue weighted by Crippen LogP contribution is 2.32. The summed E-state index contributed by atoms with van der Waals surface area (Å²) in [6.07, 6.45) is 5.88. The Hall–Kier alpha value is -3.14. The van der Waals surface area contributed by atoms with Gasteiger partial charge in [-0.05, 0) is 12.8 Å². The summed E-state index contributed by atoms with van der Waals surface area (Å²) in [5.74, 6) is -2.80. The van der Waals surface area contributed by atoms with Crippen LogP contribution in [0.25, 0.3) is 0 Å². The molecule has 2 atom stereocenters. The Bertz CT molecular complexity index is 859. The lowest BCUT2D eigenvalue weighted by atomic mass is 10.0. The number of aryl methyl sites for hydroxylation is 1. The SMILES string of the molecule is O=C1OCC(C=CC(O)C(F)(F)c2ccccc2)N1CC=CCCCc1nn[nH]n1. The lowest BCUT2D eigenvalue weighted by Gasteiger charge is -2.21. The minimum Gasteiger partial charge on any atom is -0.447 e. The quantitative estimate of drug-likeness (QED) is 0.453. The Morgan fingerprint density at radius 2 is 2.13 bits per heavy atom. The average molecular weight is 419 g/mol. The number of aromatic nitrogens is 4. The largest absolute Gasteiger partial charge is 0.447 e. The van der Waals surface area contributed by atoms with Crippen molar-refractivity contribution in [3.05, 3.63) is 66.0 Å². The zero-order valence-corrected chi connectivity index (χ0v) is 16.2. The van der Waals surface area contributed by atoms with Gasteiger partial charge < -0.3 is 9.84 Å². The number of nitrogens with one attached hydrogen (secondary N) is 1. The molecule has 1 aliphatic heterocycles. The van der Waals surface area contributed by atoms with E-state index in [1.807, 2.05) is 12.2 Å². The Kier molecular flexibility index (Phi) is 7.23.